The van der Waals surface area contributed by atoms with E-state index in [1.807, 2.05) is 0 Å². The van der Waals surface area contributed by atoms with Gasteiger partial charge in [-0.25, -0.2) is 0 Å². The third-order valence-electron chi connectivity index (χ3n) is 7.09. The van der Waals surface area contributed by atoms with Crippen LogP contribution >= 0.6 is 0 Å². The highest BCUT2D eigenvalue weighted by Gasteiger charge is 2.19. The van der Waals surface area contributed by atoms with E-state index in [4.69, 9.17) is 4.74 Å². The molecular formula is C29H30O. The molecule has 0 amide bonds. The first kappa shape index (κ1) is 19.2. The van der Waals surface area contributed by atoms with Gasteiger partial charge in [0.1, 0.15) is 12.4 Å². The van der Waals surface area contributed by atoms with Gasteiger partial charge in [0, 0.05) is 5.56 Å². The summed E-state index contributed by atoms with van der Waals surface area (Å²) >= 11 is 0. The summed E-state index contributed by atoms with van der Waals surface area (Å²) < 4.78 is 6.23. The van der Waals surface area contributed by atoms with E-state index < -0.39 is 0 Å². The summed E-state index contributed by atoms with van der Waals surface area (Å²) in [5.41, 5.74) is 6.64. The molecule has 0 aliphatic carbocycles. The van der Waals surface area contributed by atoms with Crippen LogP contribution in [0.2, 0.25) is 0 Å². The molecule has 2 atom stereocenters. The smallest absolute Gasteiger partial charge is 0.128 e. The highest BCUT2D eigenvalue weighted by atomic mass is 16.5. The number of fused-ring (bicyclic) bond motifs is 5. The molecule has 2 unspecified atom stereocenters. The van der Waals surface area contributed by atoms with Crippen LogP contribution in [0.3, 0.4) is 0 Å². The summed E-state index contributed by atoms with van der Waals surface area (Å²) in [4.78, 5) is 0. The molecule has 1 heterocycles. The number of rotatable bonds is 4. The van der Waals surface area contributed by atoms with Crippen LogP contribution in [-0.4, -0.2) is 0 Å². The molecule has 5 rings (SSSR count). The van der Waals surface area contributed by atoms with Gasteiger partial charge in [0.25, 0.3) is 0 Å². The van der Waals surface area contributed by atoms with Gasteiger partial charge < -0.3 is 4.74 Å². The first-order chi connectivity index (χ1) is 14.6. The van der Waals surface area contributed by atoms with Crippen molar-refractivity contribution in [2.45, 2.75) is 59.0 Å². The minimum absolute atomic E-state index is 0.582. The fraction of sp³-hybridized carbons (Fsp3) is 0.310. The number of benzene rings is 4. The molecule has 30 heavy (non-hydrogen) atoms. The van der Waals surface area contributed by atoms with E-state index >= 15 is 0 Å². The summed E-state index contributed by atoms with van der Waals surface area (Å²) in [5.74, 6) is 2.18. The van der Waals surface area contributed by atoms with E-state index in [1.165, 1.54) is 55.8 Å². The second-order valence-electron chi connectivity index (χ2n) is 8.98. The molecule has 0 fully saturated rings. The maximum absolute atomic E-state index is 6.23. The van der Waals surface area contributed by atoms with Crippen molar-refractivity contribution < 1.29 is 4.74 Å². The highest BCUT2D eigenvalue weighted by molar-refractivity contribution is 5.96. The van der Waals surface area contributed by atoms with Gasteiger partial charge in [-0.3, -0.25) is 0 Å². The largest absolute Gasteiger partial charge is 0.488 e. The SMILES string of the molecule is CCC(C)c1ccc2cc3c(cc2c1)COc1cc2cc(C(C)CC)ccc2cc1-3. The standard InChI is InChI=1S/C29H30O/c1-5-18(3)20-7-9-22-14-27-26(13-24(22)11-20)17-30-29-16-25-12-21(19(4)6-2)8-10-23(25)15-28(27)29/h7-16,18-19H,5-6,17H2,1-4H3. The Hall–Kier alpha value is -2.80. The summed E-state index contributed by atoms with van der Waals surface area (Å²) in [6.07, 6.45) is 2.32. The molecule has 0 radical (unpaired) electrons. The molecule has 0 saturated heterocycles. The van der Waals surface area contributed by atoms with E-state index in [-0.39, 0.29) is 0 Å². The van der Waals surface area contributed by atoms with Crippen molar-refractivity contribution in [3.63, 3.8) is 0 Å². The normalized spacial score (nSPS) is 14.8. The fourth-order valence-corrected chi connectivity index (χ4v) is 4.60. The molecule has 0 bridgehead atoms. The second kappa shape index (κ2) is 7.47. The fourth-order valence-electron chi connectivity index (χ4n) is 4.60. The predicted octanol–water partition coefficient (Wildman–Crippen LogP) is 8.58. The van der Waals surface area contributed by atoms with Crippen molar-refractivity contribution in [2.75, 3.05) is 0 Å². The Kier molecular flexibility index (Phi) is 4.77. The average molecular weight is 395 g/mol. The van der Waals surface area contributed by atoms with Crippen LogP contribution < -0.4 is 4.74 Å². The monoisotopic (exact) mass is 394 g/mol. The van der Waals surface area contributed by atoms with Gasteiger partial charge in [0.05, 0.1) is 0 Å². The van der Waals surface area contributed by atoms with Crippen LogP contribution in [0.15, 0.2) is 60.7 Å². The molecule has 0 aromatic heterocycles. The molecule has 1 heteroatoms. The molecule has 4 aromatic rings. The topological polar surface area (TPSA) is 9.23 Å². The molecule has 4 aromatic carbocycles. The Morgan fingerprint density at radius 2 is 1.23 bits per heavy atom. The van der Waals surface area contributed by atoms with Crippen LogP contribution in [0.25, 0.3) is 32.7 Å². The van der Waals surface area contributed by atoms with E-state index in [1.54, 1.807) is 0 Å². The second-order valence-corrected chi connectivity index (χ2v) is 8.98. The third-order valence-corrected chi connectivity index (χ3v) is 7.09. The minimum Gasteiger partial charge on any atom is -0.488 e. The van der Waals surface area contributed by atoms with Crippen LogP contribution in [0.5, 0.6) is 5.75 Å². The zero-order valence-corrected chi connectivity index (χ0v) is 18.5. The molecule has 1 nitrogen and oxygen atoms in total. The lowest BCUT2D eigenvalue weighted by molar-refractivity contribution is 0.303. The Morgan fingerprint density at radius 3 is 1.83 bits per heavy atom. The van der Waals surface area contributed by atoms with Gasteiger partial charge in [-0.2, -0.15) is 0 Å². The molecule has 0 spiro atoms. The van der Waals surface area contributed by atoms with E-state index in [2.05, 4.69) is 88.4 Å². The lowest BCUT2D eigenvalue weighted by atomic mass is 9.89. The Balaban J connectivity index is 1.63. The molecule has 152 valence electrons. The maximum Gasteiger partial charge on any atom is 0.128 e. The average Bonchev–Trinajstić information content (AvgIpc) is 2.79. The summed E-state index contributed by atoms with van der Waals surface area (Å²) in [7, 11) is 0. The quantitative estimate of drug-likeness (QED) is 0.337. The van der Waals surface area contributed by atoms with Crippen LogP contribution in [0, 0.1) is 0 Å². The van der Waals surface area contributed by atoms with E-state index in [9.17, 15) is 0 Å². The Morgan fingerprint density at radius 1 is 0.667 bits per heavy atom. The zero-order valence-electron chi connectivity index (χ0n) is 18.5. The van der Waals surface area contributed by atoms with Crippen molar-refractivity contribution in [1.29, 1.82) is 0 Å². The van der Waals surface area contributed by atoms with Gasteiger partial charge in [0.2, 0.25) is 0 Å². The van der Waals surface area contributed by atoms with Crippen molar-refractivity contribution in [2.24, 2.45) is 0 Å². The van der Waals surface area contributed by atoms with Crippen LogP contribution in [-0.2, 0) is 6.61 Å². The Labute approximate surface area is 179 Å². The van der Waals surface area contributed by atoms with Crippen molar-refractivity contribution in [1.82, 2.24) is 0 Å². The van der Waals surface area contributed by atoms with Crippen molar-refractivity contribution in [3.05, 3.63) is 77.4 Å². The third kappa shape index (κ3) is 3.17. The lowest BCUT2D eigenvalue weighted by Gasteiger charge is -2.23. The molecule has 1 aliphatic heterocycles. The molecular weight excluding hydrogens is 364 g/mol. The number of hydrogen-bond donors (Lipinski definition) is 0. The first-order valence-corrected chi connectivity index (χ1v) is 11.3. The predicted molar refractivity (Wildman–Crippen MR) is 129 cm³/mol. The zero-order chi connectivity index (χ0) is 20.8. The summed E-state index contributed by atoms with van der Waals surface area (Å²) in [6.45, 7) is 9.74. The van der Waals surface area contributed by atoms with E-state index in [0.717, 1.165) is 12.2 Å². The van der Waals surface area contributed by atoms with Gasteiger partial charge in [-0.05, 0) is 92.7 Å². The Bertz CT molecular complexity index is 1150. The molecule has 0 N–H and O–H groups in total. The van der Waals surface area contributed by atoms with Crippen LogP contribution in [0.4, 0.5) is 0 Å². The maximum atomic E-state index is 6.23. The number of ether oxygens (including phenoxy) is 1. The minimum atomic E-state index is 0.582. The highest BCUT2D eigenvalue weighted by Crippen LogP contribution is 2.42. The first-order valence-electron chi connectivity index (χ1n) is 11.3. The van der Waals surface area contributed by atoms with Crippen LogP contribution in [0.1, 0.15) is 69.1 Å². The summed E-state index contributed by atoms with van der Waals surface area (Å²) in [6, 6.07) is 23.0. The van der Waals surface area contributed by atoms with Gasteiger partial charge in [-0.1, -0.05) is 64.1 Å². The van der Waals surface area contributed by atoms with E-state index in [0.29, 0.717) is 18.4 Å². The number of hydrogen-bond acceptors (Lipinski definition) is 1. The van der Waals surface area contributed by atoms with Gasteiger partial charge in [-0.15, -0.1) is 0 Å². The van der Waals surface area contributed by atoms with Gasteiger partial charge >= 0.3 is 0 Å². The van der Waals surface area contributed by atoms with Gasteiger partial charge in [0.15, 0.2) is 0 Å². The van der Waals surface area contributed by atoms with Crippen molar-refractivity contribution >= 4 is 21.5 Å². The molecule has 1 aliphatic rings. The van der Waals surface area contributed by atoms with Crippen molar-refractivity contribution in [3.8, 4) is 16.9 Å². The molecule has 0 saturated carbocycles. The summed E-state index contributed by atoms with van der Waals surface area (Å²) in [5, 5.41) is 5.18. The lowest BCUT2D eigenvalue weighted by Crippen LogP contribution is -2.06.